The van der Waals surface area contributed by atoms with E-state index in [4.69, 9.17) is 11.6 Å². The van der Waals surface area contributed by atoms with E-state index in [0.717, 1.165) is 34.0 Å². The molecule has 1 aliphatic carbocycles. The van der Waals surface area contributed by atoms with Crippen LogP contribution in [0.1, 0.15) is 36.8 Å². The highest BCUT2D eigenvalue weighted by Crippen LogP contribution is 2.45. The van der Waals surface area contributed by atoms with Crippen molar-refractivity contribution >= 4 is 34.8 Å². The number of nitrogens with one attached hydrogen (secondary N) is 2. The molecule has 150 valence electrons. The zero-order valence-electron chi connectivity index (χ0n) is 16.0. The molecule has 1 aliphatic rings. The fourth-order valence-electron chi connectivity index (χ4n) is 3.39. The Balaban J connectivity index is 1.41. The smallest absolute Gasteiger partial charge is 0.222 e. The highest BCUT2D eigenvalue weighted by atomic mass is 35.5. The summed E-state index contributed by atoms with van der Waals surface area (Å²) in [4.78, 5) is 29.8. The lowest BCUT2D eigenvalue weighted by Crippen LogP contribution is -2.42. The first-order valence-electron chi connectivity index (χ1n) is 9.42. The van der Waals surface area contributed by atoms with Gasteiger partial charge in [0, 0.05) is 54.1 Å². The van der Waals surface area contributed by atoms with Gasteiger partial charge in [0.05, 0.1) is 17.3 Å². The maximum Gasteiger partial charge on any atom is 0.222 e. The van der Waals surface area contributed by atoms with Gasteiger partial charge < -0.3 is 10.6 Å². The van der Waals surface area contributed by atoms with E-state index in [0.29, 0.717) is 24.1 Å². The van der Waals surface area contributed by atoms with Gasteiger partial charge in [0.2, 0.25) is 11.9 Å². The van der Waals surface area contributed by atoms with Gasteiger partial charge in [-0.2, -0.15) is 0 Å². The molecule has 3 aromatic rings. The standard InChI is InChI=1S/C20H21ClN6OS/c1-13(28)23-10-15-11-24-18(29-15)14-8-25-19(26-9-14)27-12-20(5-3-6-20)17-16(21)4-2-7-22-17/h2,4,7-9,11H,3,5-6,10,12H2,1H3,(H,23,28)(H,25,26,27). The van der Waals surface area contributed by atoms with Gasteiger partial charge in [0.25, 0.3) is 0 Å². The predicted octanol–water partition coefficient (Wildman–Crippen LogP) is 3.82. The molecule has 0 aromatic carbocycles. The van der Waals surface area contributed by atoms with Gasteiger partial charge >= 0.3 is 0 Å². The lowest BCUT2D eigenvalue weighted by molar-refractivity contribution is -0.119. The van der Waals surface area contributed by atoms with Crippen LogP contribution in [-0.2, 0) is 16.8 Å². The monoisotopic (exact) mass is 428 g/mol. The zero-order chi connectivity index (χ0) is 20.3. The van der Waals surface area contributed by atoms with Crippen molar-refractivity contribution in [2.24, 2.45) is 0 Å². The van der Waals surface area contributed by atoms with E-state index >= 15 is 0 Å². The van der Waals surface area contributed by atoms with Gasteiger partial charge in [-0.15, -0.1) is 11.3 Å². The van der Waals surface area contributed by atoms with Gasteiger partial charge in [-0.1, -0.05) is 18.0 Å². The van der Waals surface area contributed by atoms with Crippen LogP contribution in [-0.4, -0.2) is 32.4 Å². The third kappa shape index (κ3) is 4.38. The second kappa shape index (κ2) is 8.42. The van der Waals surface area contributed by atoms with E-state index in [1.165, 1.54) is 24.7 Å². The van der Waals surface area contributed by atoms with Crippen molar-refractivity contribution < 1.29 is 4.79 Å². The first-order valence-corrected chi connectivity index (χ1v) is 10.6. The number of carbonyl (C=O) groups excluding carboxylic acids is 1. The number of amides is 1. The molecule has 0 unspecified atom stereocenters. The minimum atomic E-state index is -0.0612. The van der Waals surface area contributed by atoms with Crippen LogP contribution in [0.4, 0.5) is 5.95 Å². The number of rotatable bonds is 7. The second-order valence-electron chi connectivity index (χ2n) is 7.16. The molecule has 3 heterocycles. The molecule has 0 spiro atoms. The summed E-state index contributed by atoms with van der Waals surface area (Å²) in [6.45, 7) is 2.67. The molecule has 4 rings (SSSR count). The van der Waals surface area contributed by atoms with Crippen molar-refractivity contribution in [3.8, 4) is 10.6 Å². The van der Waals surface area contributed by atoms with Gasteiger partial charge in [-0.25, -0.2) is 15.0 Å². The first-order chi connectivity index (χ1) is 14.1. The quantitative estimate of drug-likeness (QED) is 0.594. The van der Waals surface area contributed by atoms with Crippen molar-refractivity contribution in [3.63, 3.8) is 0 Å². The van der Waals surface area contributed by atoms with Crippen LogP contribution in [0.2, 0.25) is 5.02 Å². The number of thiazole rings is 1. The molecular weight excluding hydrogens is 408 g/mol. The summed E-state index contributed by atoms with van der Waals surface area (Å²) in [5.74, 6) is 0.511. The van der Waals surface area contributed by atoms with Crippen molar-refractivity contribution in [1.82, 2.24) is 25.3 Å². The van der Waals surface area contributed by atoms with E-state index in [9.17, 15) is 4.79 Å². The number of hydrogen-bond acceptors (Lipinski definition) is 7. The average molecular weight is 429 g/mol. The number of halogens is 1. The minimum absolute atomic E-state index is 0.0602. The zero-order valence-corrected chi connectivity index (χ0v) is 17.6. The molecule has 0 aliphatic heterocycles. The van der Waals surface area contributed by atoms with E-state index in [1.54, 1.807) is 24.8 Å². The van der Waals surface area contributed by atoms with Crippen LogP contribution in [0.3, 0.4) is 0 Å². The van der Waals surface area contributed by atoms with Crippen LogP contribution < -0.4 is 10.6 Å². The fourth-order valence-corrected chi connectivity index (χ4v) is 4.54. The summed E-state index contributed by atoms with van der Waals surface area (Å²) in [6.07, 6.45) is 10.3. The molecule has 1 amide bonds. The molecule has 0 radical (unpaired) electrons. The molecule has 0 bridgehead atoms. The summed E-state index contributed by atoms with van der Waals surface area (Å²) < 4.78 is 0. The Morgan fingerprint density at radius 2 is 2.00 bits per heavy atom. The molecular formula is C20H21ClN6OS. The van der Waals surface area contributed by atoms with Crippen molar-refractivity contribution in [1.29, 1.82) is 0 Å². The number of carbonyl (C=O) groups is 1. The van der Waals surface area contributed by atoms with E-state index < -0.39 is 0 Å². The summed E-state index contributed by atoms with van der Waals surface area (Å²) in [5.41, 5.74) is 1.74. The molecule has 9 heteroatoms. The molecule has 1 saturated carbocycles. The predicted molar refractivity (Wildman–Crippen MR) is 114 cm³/mol. The van der Waals surface area contributed by atoms with Crippen LogP contribution in [0.15, 0.2) is 36.9 Å². The number of hydrogen-bond donors (Lipinski definition) is 2. The normalized spacial score (nSPS) is 14.8. The van der Waals surface area contributed by atoms with E-state index in [2.05, 4.69) is 30.6 Å². The number of nitrogens with zero attached hydrogens (tertiary/aromatic N) is 4. The van der Waals surface area contributed by atoms with Crippen molar-refractivity contribution in [2.75, 3.05) is 11.9 Å². The Bertz CT molecular complexity index is 1000. The SMILES string of the molecule is CC(=O)NCc1cnc(-c2cnc(NCC3(c4ncccc4Cl)CCC3)nc2)s1. The molecule has 3 aromatic heterocycles. The Morgan fingerprint density at radius 3 is 2.66 bits per heavy atom. The molecule has 29 heavy (non-hydrogen) atoms. The van der Waals surface area contributed by atoms with Crippen LogP contribution in [0.5, 0.6) is 0 Å². The van der Waals surface area contributed by atoms with Crippen molar-refractivity contribution in [3.05, 3.63) is 52.5 Å². The van der Waals surface area contributed by atoms with Crippen LogP contribution in [0, 0.1) is 0 Å². The van der Waals surface area contributed by atoms with Crippen molar-refractivity contribution in [2.45, 2.75) is 38.1 Å². The molecule has 0 atom stereocenters. The Morgan fingerprint density at radius 1 is 1.21 bits per heavy atom. The second-order valence-corrected chi connectivity index (χ2v) is 8.68. The third-order valence-electron chi connectivity index (χ3n) is 5.12. The van der Waals surface area contributed by atoms with Crippen LogP contribution >= 0.6 is 22.9 Å². The topological polar surface area (TPSA) is 92.7 Å². The van der Waals surface area contributed by atoms with Crippen LogP contribution in [0.25, 0.3) is 10.6 Å². The highest BCUT2D eigenvalue weighted by Gasteiger charge is 2.41. The average Bonchev–Trinajstić information content (AvgIpc) is 3.16. The van der Waals surface area contributed by atoms with Gasteiger partial charge in [-0.3, -0.25) is 9.78 Å². The lowest BCUT2D eigenvalue weighted by Gasteiger charge is -2.41. The molecule has 2 N–H and O–H groups in total. The lowest BCUT2D eigenvalue weighted by atomic mass is 9.66. The maximum absolute atomic E-state index is 11.0. The Hall–Kier alpha value is -2.58. The fraction of sp³-hybridized carbons (Fsp3) is 0.350. The molecule has 7 nitrogen and oxygen atoms in total. The maximum atomic E-state index is 11.0. The summed E-state index contributed by atoms with van der Waals surface area (Å²) >= 11 is 7.90. The number of pyridine rings is 1. The largest absolute Gasteiger partial charge is 0.353 e. The number of anilines is 1. The molecule has 0 saturated heterocycles. The first kappa shape index (κ1) is 19.7. The Labute approximate surface area is 178 Å². The van der Waals surface area contributed by atoms with E-state index in [-0.39, 0.29) is 11.3 Å². The highest BCUT2D eigenvalue weighted by molar-refractivity contribution is 7.15. The number of aromatic nitrogens is 4. The summed E-state index contributed by atoms with van der Waals surface area (Å²) in [6, 6.07) is 3.75. The third-order valence-corrected chi connectivity index (χ3v) is 6.47. The summed E-state index contributed by atoms with van der Waals surface area (Å²) in [7, 11) is 0. The van der Waals surface area contributed by atoms with Gasteiger partial charge in [-0.05, 0) is 25.0 Å². The van der Waals surface area contributed by atoms with Gasteiger partial charge in [0.15, 0.2) is 0 Å². The Kier molecular flexibility index (Phi) is 5.73. The van der Waals surface area contributed by atoms with Gasteiger partial charge in [0.1, 0.15) is 5.01 Å². The summed E-state index contributed by atoms with van der Waals surface area (Å²) in [5, 5.41) is 7.65. The van der Waals surface area contributed by atoms with E-state index in [1.807, 2.05) is 12.1 Å². The molecule has 1 fully saturated rings. The minimum Gasteiger partial charge on any atom is -0.353 e.